The van der Waals surface area contributed by atoms with E-state index in [4.69, 9.17) is 16.3 Å². The summed E-state index contributed by atoms with van der Waals surface area (Å²) in [5.41, 5.74) is 2.74. The number of pyridine rings is 1. The highest BCUT2D eigenvalue weighted by Gasteiger charge is 2.17. The van der Waals surface area contributed by atoms with Crippen LogP contribution in [0, 0.1) is 0 Å². The number of hydrogen-bond acceptors (Lipinski definition) is 6. The van der Waals surface area contributed by atoms with E-state index in [1.165, 1.54) is 7.05 Å². The molecule has 8 heteroatoms. The number of anilines is 1. The zero-order chi connectivity index (χ0) is 22.6. The van der Waals surface area contributed by atoms with Crippen LogP contribution in [0.2, 0.25) is 0 Å². The van der Waals surface area contributed by atoms with E-state index >= 15 is 0 Å². The first-order valence-corrected chi connectivity index (χ1v) is 11.2. The normalized spacial score (nSPS) is 12.7. The minimum absolute atomic E-state index is 0.0470. The molecule has 1 aromatic carbocycles. The second-order valence-electron chi connectivity index (χ2n) is 6.22. The van der Waals surface area contributed by atoms with Gasteiger partial charge in [0.1, 0.15) is 6.61 Å². The Morgan fingerprint density at radius 1 is 1.26 bits per heavy atom. The molecule has 164 valence electrons. The maximum Gasteiger partial charge on any atom is 0.363 e. The van der Waals surface area contributed by atoms with Crippen LogP contribution in [0.1, 0.15) is 26.3 Å². The SMILES string of the molecule is CC.CN=C(S/C(Cl)=C/c1cnn2ccccc12)C(=O)OCC(C)Nc1ccccc1. The van der Waals surface area contributed by atoms with E-state index in [0.29, 0.717) is 4.36 Å². The van der Waals surface area contributed by atoms with Crippen molar-refractivity contribution in [1.82, 2.24) is 9.61 Å². The monoisotopic (exact) mass is 458 g/mol. The largest absolute Gasteiger partial charge is 0.458 e. The van der Waals surface area contributed by atoms with Gasteiger partial charge in [-0.15, -0.1) is 0 Å². The summed E-state index contributed by atoms with van der Waals surface area (Å²) in [7, 11) is 1.54. The van der Waals surface area contributed by atoms with Crippen molar-refractivity contribution in [2.45, 2.75) is 26.8 Å². The molecule has 0 saturated carbocycles. The molecule has 0 radical (unpaired) electrons. The van der Waals surface area contributed by atoms with E-state index in [1.54, 1.807) is 16.8 Å². The number of esters is 1. The lowest BCUT2D eigenvalue weighted by atomic mass is 10.3. The minimum Gasteiger partial charge on any atom is -0.458 e. The number of nitrogens with one attached hydrogen (secondary N) is 1. The molecular formula is C23H27ClN4O2S. The van der Waals surface area contributed by atoms with Gasteiger partial charge in [-0.05, 0) is 37.3 Å². The summed E-state index contributed by atoms with van der Waals surface area (Å²) in [5.74, 6) is -0.509. The van der Waals surface area contributed by atoms with Crippen LogP contribution in [0.5, 0.6) is 0 Å². The molecule has 0 aliphatic carbocycles. The molecule has 1 unspecified atom stereocenters. The van der Waals surface area contributed by atoms with Gasteiger partial charge >= 0.3 is 5.97 Å². The Labute approximate surface area is 192 Å². The quantitative estimate of drug-likeness (QED) is 0.291. The van der Waals surface area contributed by atoms with Crippen molar-refractivity contribution in [2.24, 2.45) is 4.99 Å². The van der Waals surface area contributed by atoms with E-state index in [-0.39, 0.29) is 17.7 Å². The van der Waals surface area contributed by atoms with E-state index in [9.17, 15) is 4.79 Å². The summed E-state index contributed by atoms with van der Waals surface area (Å²) in [6.07, 6.45) is 5.33. The number of benzene rings is 1. The van der Waals surface area contributed by atoms with Crippen molar-refractivity contribution >= 4 is 51.7 Å². The molecule has 1 N–H and O–H groups in total. The fraction of sp³-hybridized carbons (Fsp3) is 0.261. The fourth-order valence-corrected chi connectivity index (χ4v) is 3.55. The highest BCUT2D eigenvalue weighted by Crippen LogP contribution is 2.26. The van der Waals surface area contributed by atoms with Crippen molar-refractivity contribution in [2.75, 3.05) is 19.0 Å². The molecule has 0 amide bonds. The molecular weight excluding hydrogens is 432 g/mol. The van der Waals surface area contributed by atoms with E-state index in [1.807, 2.05) is 75.5 Å². The zero-order valence-electron chi connectivity index (χ0n) is 18.1. The maximum atomic E-state index is 12.4. The molecule has 0 aliphatic heterocycles. The van der Waals surface area contributed by atoms with Gasteiger partial charge < -0.3 is 10.1 Å². The van der Waals surface area contributed by atoms with Crippen LogP contribution in [-0.4, -0.2) is 40.3 Å². The first-order chi connectivity index (χ1) is 15.1. The number of aromatic nitrogens is 2. The van der Waals surface area contributed by atoms with Gasteiger partial charge in [0, 0.05) is 24.5 Å². The molecule has 2 aromatic heterocycles. The van der Waals surface area contributed by atoms with Gasteiger partial charge in [0.25, 0.3) is 0 Å². The second-order valence-corrected chi connectivity index (χ2v) is 7.88. The smallest absolute Gasteiger partial charge is 0.363 e. The Morgan fingerprint density at radius 3 is 2.68 bits per heavy atom. The Hall–Kier alpha value is -2.77. The fourth-order valence-electron chi connectivity index (χ4n) is 2.61. The standard InChI is InChI=1S/C21H21ClN4O2S.C2H6/c1-15(25-17-8-4-3-5-9-17)14-28-21(27)20(23-2)29-19(22)12-16-13-24-26-11-7-6-10-18(16)26;1-2/h3-13,15,25H,14H2,1-2H3;1-2H3/b19-12+,23-20?;. The Bertz CT molecular complexity index is 1030. The number of halogens is 1. The van der Waals surface area contributed by atoms with Gasteiger partial charge in [0.05, 0.1) is 22.1 Å². The number of hydrogen-bond donors (Lipinski definition) is 1. The molecule has 0 aliphatic rings. The van der Waals surface area contributed by atoms with Crippen LogP contribution in [-0.2, 0) is 9.53 Å². The minimum atomic E-state index is -0.509. The van der Waals surface area contributed by atoms with Gasteiger partial charge in [-0.25, -0.2) is 9.31 Å². The van der Waals surface area contributed by atoms with E-state index < -0.39 is 5.97 Å². The number of aliphatic imine (C=N–C) groups is 1. The van der Waals surface area contributed by atoms with Crippen LogP contribution in [0.3, 0.4) is 0 Å². The summed E-state index contributed by atoms with van der Waals surface area (Å²) >= 11 is 7.41. The first kappa shape index (κ1) is 24.5. The third kappa shape index (κ3) is 7.45. The van der Waals surface area contributed by atoms with Crippen LogP contribution in [0.15, 0.2) is 70.3 Å². The van der Waals surface area contributed by atoms with E-state index in [2.05, 4.69) is 15.4 Å². The van der Waals surface area contributed by atoms with Crippen LogP contribution < -0.4 is 5.32 Å². The Morgan fingerprint density at radius 2 is 1.97 bits per heavy atom. The third-order valence-electron chi connectivity index (χ3n) is 3.95. The molecule has 1 atom stereocenters. The van der Waals surface area contributed by atoms with Gasteiger partial charge in [-0.3, -0.25) is 4.99 Å². The lowest BCUT2D eigenvalue weighted by Crippen LogP contribution is -2.26. The third-order valence-corrected chi connectivity index (χ3v) is 5.14. The summed E-state index contributed by atoms with van der Waals surface area (Å²) in [4.78, 5) is 16.4. The highest BCUT2D eigenvalue weighted by molar-refractivity contribution is 8.20. The van der Waals surface area contributed by atoms with Crippen molar-refractivity contribution < 1.29 is 9.53 Å². The number of para-hydroxylation sites is 1. The van der Waals surface area contributed by atoms with Crippen LogP contribution in [0.25, 0.3) is 11.6 Å². The Balaban J connectivity index is 0.00000166. The van der Waals surface area contributed by atoms with E-state index in [0.717, 1.165) is 28.5 Å². The lowest BCUT2D eigenvalue weighted by Gasteiger charge is -2.15. The van der Waals surface area contributed by atoms with Crippen molar-refractivity contribution in [3.63, 3.8) is 0 Å². The van der Waals surface area contributed by atoms with Crippen molar-refractivity contribution in [3.8, 4) is 0 Å². The summed E-state index contributed by atoms with van der Waals surface area (Å²) in [6.45, 7) is 6.15. The molecule has 6 nitrogen and oxygen atoms in total. The number of carbonyl (C=O) groups excluding carboxylic acids is 1. The predicted octanol–water partition coefficient (Wildman–Crippen LogP) is 5.70. The first-order valence-electron chi connectivity index (χ1n) is 9.99. The predicted molar refractivity (Wildman–Crippen MR) is 132 cm³/mol. The molecule has 0 fully saturated rings. The average Bonchev–Trinajstić information content (AvgIpc) is 3.20. The molecule has 2 heterocycles. The highest BCUT2D eigenvalue weighted by atomic mass is 35.5. The van der Waals surface area contributed by atoms with Crippen LogP contribution >= 0.6 is 23.4 Å². The molecule has 3 rings (SSSR count). The summed E-state index contributed by atoms with van der Waals surface area (Å²) in [6, 6.07) is 15.5. The number of thioether (sulfide) groups is 1. The van der Waals surface area contributed by atoms with Crippen molar-refractivity contribution in [1.29, 1.82) is 0 Å². The number of carbonyl (C=O) groups is 1. The van der Waals surface area contributed by atoms with Crippen LogP contribution in [0.4, 0.5) is 5.69 Å². The molecule has 3 aromatic rings. The summed E-state index contributed by atoms with van der Waals surface area (Å²) < 4.78 is 7.53. The summed E-state index contributed by atoms with van der Waals surface area (Å²) in [5, 5.41) is 7.73. The maximum absolute atomic E-state index is 12.4. The zero-order valence-corrected chi connectivity index (χ0v) is 19.7. The topological polar surface area (TPSA) is 68.0 Å². The Kier molecular flexibility index (Phi) is 10.1. The molecule has 0 bridgehead atoms. The second kappa shape index (κ2) is 12.8. The number of nitrogens with zero attached hydrogens (tertiary/aromatic N) is 3. The molecule has 0 spiro atoms. The number of ether oxygens (including phenoxy) is 1. The van der Waals surface area contributed by atoms with Gasteiger partial charge in [0.2, 0.25) is 0 Å². The lowest BCUT2D eigenvalue weighted by molar-refractivity contribution is -0.135. The van der Waals surface area contributed by atoms with Gasteiger partial charge in [-0.1, -0.05) is 61.5 Å². The number of rotatable bonds is 6. The molecule has 0 saturated heterocycles. The van der Waals surface area contributed by atoms with Gasteiger partial charge in [-0.2, -0.15) is 5.10 Å². The average molecular weight is 459 g/mol. The van der Waals surface area contributed by atoms with Crippen molar-refractivity contribution in [3.05, 3.63) is 70.9 Å². The number of fused-ring (bicyclic) bond motifs is 1. The molecule has 31 heavy (non-hydrogen) atoms. The van der Waals surface area contributed by atoms with Gasteiger partial charge in [0.15, 0.2) is 5.04 Å².